The van der Waals surface area contributed by atoms with E-state index in [1.807, 2.05) is 12.1 Å². The molecule has 1 aromatic carbocycles. The number of nitrogen functional groups attached to an aromatic ring is 1. The lowest BCUT2D eigenvalue weighted by atomic mass is 10.0. The summed E-state index contributed by atoms with van der Waals surface area (Å²) in [6.45, 7) is 7.08. The third-order valence-corrected chi connectivity index (χ3v) is 4.49. The van der Waals surface area contributed by atoms with Crippen molar-refractivity contribution in [2.24, 2.45) is 11.7 Å². The molecule has 21 heavy (non-hydrogen) atoms. The largest absolute Gasteiger partial charge is 0.384 e. The Morgan fingerprint density at radius 1 is 1.48 bits per heavy atom. The molecule has 0 saturated heterocycles. The van der Waals surface area contributed by atoms with Crippen molar-refractivity contribution in [3.8, 4) is 0 Å². The monoisotopic (exact) mass is 289 g/mol. The fraction of sp³-hybridized carbons (Fsp3) is 0.588. The van der Waals surface area contributed by atoms with E-state index in [0.717, 1.165) is 31.2 Å². The van der Waals surface area contributed by atoms with Crippen LogP contribution in [0.1, 0.15) is 36.5 Å². The molecule has 1 saturated carbocycles. The lowest BCUT2D eigenvalue weighted by Gasteiger charge is -2.29. The molecule has 0 aromatic heterocycles. The summed E-state index contributed by atoms with van der Waals surface area (Å²) < 4.78 is 5.25. The molecule has 0 amide bonds. The van der Waals surface area contributed by atoms with Crippen molar-refractivity contribution in [1.29, 1.82) is 5.41 Å². The van der Waals surface area contributed by atoms with Crippen LogP contribution >= 0.6 is 0 Å². The van der Waals surface area contributed by atoms with Crippen LogP contribution in [0.25, 0.3) is 0 Å². The minimum Gasteiger partial charge on any atom is -0.384 e. The number of hydrogen-bond acceptors (Lipinski definition) is 3. The fourth-order valence-electron chi connectivity index (χ4n) is 2.77. The van der Waals surface area contributed by atoms with Gasteiger partial charge in [-0.05, 0) is 49.8 Å². The number of rotatable bonds is 8. The topological polar surface area (TPSA) is 62.3 Å². The second-order valence-corrected chi connectivity index (χ2v) is 6.10. The number of aryl methyl sites for hydroxylation is 1. The highest BCUT2D eigenvalue weighted by molar-refractivity contribution is 5.95. The number of benzene rings is 1. The van der Waals surface area contributed by atoms with Gasteiger partial charge in [0.2, 0.25) is 0 Å². The van der Waals surface area contributed by atoms with Crippen LogP contribution in [0.3, 0.4) is 0 Å². The van der Waals surface area contributed by atoms with Gasteiger partial charge in [0, 0.05) is 31.8 Å². The first-order valence-electron chi connectivity index (χ1n) is 7.70. The Morgan fingerprint density at radius 3 is 2.71 bits per heavy atom. The van der Waals surface area contributed by atoms with Crippen LogP contribution in [0.15, 0.2) is 18.2 Å². The Kier molecular flexibility index (Phi) is 5.37. The van der Waals surface area contributed by atoms with Crippen molar-refractivity contribution in [3.05, 3.63) is 34.9 Å². The molecule has 1 atom stereocenters. The number of nitrogens with one attached hydrogen (secondary N) is 1. The molecular formula is C17H27N3O. The lowest BCUT2D eigenvalue weighted by Crippen LogP contribution is -2.36. The minimum atomic E-state index is 0.132. The summed E-state index contributed by atoms with van der Waals surface area (Å²) >= 11 is 0. The van der Waals surface area contributed by atoms with Gasteiger partial charge in [-0.15, -0.1) is 0 Å². The Morgan fingerprint density at radius 2 is 2.19 bits per heavy atom. The van der Waals surface area contributed by atoms with Gasteiger partial charge < -0.3 is 10.5 Å². The van der Waals surface area contributed by atoms with E-state index in [1.165, 1.54) is 24.0 Å². The predicted molar refractivity (Wildman–Crippen MR) is 86.7 cm³/mol. The van der Waals surface area contributed by atoms with E-state index in [-0.39, 0.29) is 5.84 Å². The molecule has 4 heteroatoms. The quantitative estimate of drug-likeness (QED) is 0.571. The maximum Gasteiger partial charge on any atom is 0.122 e. The molecule has 0 heterocycles. The summed E-state index contributed by atoms with van der Waals surface area (Å²) in [7, 11) is 1.76. The van der Waals surface area contributed by atoms with E-state index in [1.54, 1.807) is 7.11 Å². The zero-order valence-electron chi connectivity index (χ0n) is 13.4. The molecule has 0 aliphatic heterocycles. The van der Waals surface area contributed by atoms with Crippen LogP contribution in [-0.2, 0) is 11.3 Å². The van der Waals surface area contributed by atoms with E-state index in [2.05, 4.69) is 24.8 Å². The molecule has 4 nitrogen and oxygen atoms in total. The minimum absolute atomic E-state index is 0.132. The van der Waals surface area contributed by atoms with Crippen LogP contribution in [0, 0.1) is 18.3 Å². The van der Waals surface area contributed by atoms with Crippen molar-refractivity contribution in [2.75, 3.05) is 20.3 Å². The Balaban J connectivity index is 2.09. The third kappa shape index (κ3) is 4.29. The Bertz CT molecular complexity index is 497. The van der Waals surface area contributed by atoms with Crippen molar-refractivity contribution in [2.45, 2.75) is 39.3 Å². The summed E-state index contributed by atoms with van der Waals surface area (Å²) in [5.41, 5.74) is 8.86. The molecule has 116 valence electrons. The molecule has 0 bridgehead atoms. The van der Waals surface area contributed by atoms with Gasteiger partial charge >= 0.3 is 0 Å². The summed E-state index contributed by atoms with van der Waals surface area (Å²) in [5, 5.41) is 7.52. The van der Waals surface area contributed by atoms with E-state index >= 15 is 0 Å². The van der Waals surface area contributed by atoms with E-state index < -0.39 is 0 Å². The van der Waals surface area contributed by atoms with Gasteiger partial charge in [-0.3, -0.25) is 10.3 Å². The first kappa shape index (κ1) is 16.0. The highest BCUT2D eigenvalue weighted by Crippen LogP contribution is 2.35. The van der Waals surface area contributed by atoms with Crippen LogP contribution in [0.4, 0.5) is 0 Å². The standard InChI is InChI=1S/C17H27N3O/c1-12-10-15(17(18)19)6-7-16(12)11-20(8-9-21-3)13(2)14-4-5-14/h6-7,10,13-14H,4-5,8-9,11H2,1-3H3,(H3,18,19). The zero-order chi connectivity index (χ0) is 15.4. The average Bonchev–Trinajstić information content (AvgIpc) is 3.28. The number of methoxy groups -OCH3 is 1. The van der Waals surface area contributed by atoms with Gasteiger partial charge in [0.25, 0.3) is 0 Å². The first-order chi connectivity index (χ1) is 10.0. The van der Waals surface area contributed by atoms with E-state index in [0.29, 0.717) is 6.04 Å². The molecule has 0 spiro atoms. The first-order valence-corrected chi connectivity index (χ1v) is 7.70. The molecule has 1 fully saturated rings. The van der Waals surface area contributed by atoms with Crippen LogP contribution < -0.4 is 5.73 Å². The molecule has 3 N–H and O–H groups in total. The summed E-state index contributed by atoms with van der Waals surface area (Å²) in [6, 6.07) is 6.66. The van der Waals surface area contributed by atoms with E-state index in [4.69, 9.17) is 15.9 Å². The van der Waals surface area contributed by atoms with Gasteiger partial charge in [0.1, 0.15) is 5.84 Å². The second kappa shape index (κ2) is 7.05. The molecule has 1 unspecified atom stereocenters. The molecular weight excluding hydrogens is 262 g/mol. The Labute approximate surface area is 127 Å². The van der Waals surface area contributed by atoms with Crippen LogP contribution in [0.5, 0.6) is 0 Å². The van der Waals surface area contributed by atoms with Crippen LogP contribution in [-0.4, -0.2) is 37.0 Å². The van der Waals surface area contributed by atoms with E-state index in [9.17, 15) is 0 Å². The molecule has 2 rings (SSSR count). The summed E-state index contributed by atoms with van der Waals surface area (Å²) in [4.78, 5) is 2.51. The molecule has 1 aliphatic carbocycles. The van der Waals surface area contributed by atoms with Gasteiger partial charge in [-0.2, -0.15) is 0 Å². The van der Waals surface area contributed by atoms with Crippen LogP contribution in [0.2, 0.25) is 0 Å². The highest BCUT2D eigenvalue weighted by Gasteiger charge is 2.31. The van der Waals surface area contributed by atoms with Gasteiger partial charge in [-0.1, -0.05) is 12.1 Å². The zero-order valence-corrected chi connectivity index (χ0v) is 13.4. The molecule has 1 aromatic rings. The molecule has 0 radical (unpaired) electrons. The average molecular weight is 289 g/mol. The third-order valence-electron chi connectivity index (χ3n) is 4.49. The van der Waals surface area contributed by atoms with Crippen molar-refractivity contribution in [1.82, 2.24) is 4.90 Å². The van der Waals surface area contributed by atoms with Crippen molar-refractivity contribution in [3.63, 3.8) is 0 Å². The lowest BCUT2D eigenvalue weighted by molar-refractivity contribution is 0.111. The van der Waals surface area contributed by atoms with Crippen molar-refractivity contribution < 1.29 is 4.74 Å². The fourth-order valence-corrected chi connectivity index (χ4v) is 2.77. The van der Waals surface area contributed by atoms with Gasteiger partial charge in [0.15, 0.2) is 0 Å². The SMILES string of the molecule is COCCN(Cc1ccc(C(=N)N)cc1C)C(C)C1CC1. The van der Waals surface area contributed by atoms with Gasteiger partial charge in [-0.25, -0.2) is 0 Å². The number of nitrogens with two attached hydrogens (primary N) is 1. The normalized spacial score (nSPS) is 16.2. The number of amidine groups is 1. The number of hydrogen-bond donors (Lipinski definition) is 2. The number of ether oxygens (including phenoxy) is 1. The second-order valence-electron chi connectivity index (χ2n) is 6.10. The Hall–Kier alpha value is -1.39. The smallest absolute Gasteiger partial charge is 0.122 e. The maximum atomic E-state index is 7.52. The maximum absolute atomic E-state index is 7.52. The van der Waals surface area contributed by atoms with Gasteiger partial charge in [0.05, 0.1) is 6.61 Å². The number of nitrogens with zero attached hydrogens (tertiary/aromatic N) is 1. The summed E-state index contributed by atoms with van der Waals surface area (Å²) in [5.74, 6) is 0.978. The van der Waals surface area contributed by atoms with Crippen molar-refractivity contribution >= 4 is 5.84 Å². The predicted octanol–water partition coefficient (Wildman–Crippen LogP) is 2.53. The molecule has 1 aliphatic rings. The highest BCUT2D eigenvalue weighted by atomic mass is 16.5. The summed E-state index contributed by atoms with van der Waals surface area (Å²) in [6.07, 6.45) is 2.71.